The van der Waals surface area contributed by atoms with E-state index in [1.54, 1.807) is 0 Å². The fourth-order valence-corrected chi connectivity index (χ4v) is 2.70. The Balaban J connectivity index is 1.98. The number of benzene rings is 1. The van der Waals surface area contributed by atoms with Gasteiger partial charge in [0, 0.05) is 24.1 Å². The lowest BCUT2D eigenvalue weighted by Crippen LogP contribution is -2.34. The number of para-hydroxylation sites is 1. The summed E-state index contributed by atoms with van der Waals surface area (Å²) < 4.78 is 5.70. The second-order valence-corrected chi connectivity index (χ2v) is 5.54. The zero-order valence-electron chi connectivity index (χ0n) is 11.8. The first-order valence-electron chi connectivity index (χ1n) is 7.18. The second-order valence-electron chi connectivity index (χ2n) is 5.54. The van der Waals surface area contributed by atoms with Crippen molar-refractivity contribution in [3.8, 4) is 5.75 Å². The van der Waals surface area contributed by atoms with E-state index in [9.17, 15) is 0 Å². The Morgan fingerprint density at radius 3 is 2.89 bits per heavy atom. The Bertz CT molecular complexity index is 377. The Morgan fingerprint density at radius 2 is 2.11 bits per heavy atom. The molecule has 1 aromatic carbocycles. The molecule has 0 fully saturated rings. The van der Waals surface area contributed by atoms with Crippen molar-refractivity contribution in [1.29, 1.82) is 0 Å². The maximum absolute atomic E-state index is 5.70. The van der Waals surface area contributed by atoms with Gasteiger partial charge in [0.1, 0.15) is 5.75 Å². The first-order valence-corrected chi connectivity index (χ1v) is 7.18. The van der Waals surface area contributed by atoms with E-state index in [0.717, 1.165) is 24.7 Å². The van der Waals surface area contributed by atoms with Gasteiger partial charge in [0.15, 0.2) is 0 Å². The van der Waals surface area contributed by atoms with E-state index in [2.05, 4.69) is 44.3 Å². The fourth-order valence-electron chi connectivity index (χ4n) is 2.70. The predicted octanol–water partition coefficient (Wildman–Crippen LogP) is 3.92. The molecule has 2 heteroatoms. The first kappa shape index (κ1) is 13.4. The van der Waals surface area contributed by atoms with Crippen LogP contribution in [0.1, 0.15) is 51.6 Å². The molecule has 100 valence electrons. The average molecular weight is 247 g/mol. The van der Waals surface area contributed by atoms with Crippen LogP contribution in [0.3, 0.4) is 0 Å². The predicted molar refractivity (Wildman–Crippen MR) is 76.0 cm³/mol. The second kappa shape index (κ2) is 6.24. The van der Waals surface area contributed by atoms with Gasteiger partial charge in [0.05, 0.1) is 6.61 Å². The van der Waals surface area contributed by atoms with Gasteiger partial charge in [-0.2, -0.15) is 0 Å². The molecular formula is C16H25NO. The summed E-state index contributed by atoms with van der Waals surface area (Å²) in [4.78, 5) is 0. The zero-order valence-corrected chi connectivity index (χ0v) is 11.8. The number of ether oxygens (including phenoxy) is 1. The minimum Gasteiger partial charge on any atom is -0.493 e. The van der Waals surface area contributed by atoms with Crippen molar-refractivity contribution in [1.82, 2.24) is 5.32 Å². The molecule has 0 aromatic heterocycles. The number of nitrogens with one attached hydrogen (secondary N) is 1. The summed E-state index contributed by atoms with van der Waals surface area (Å²) in [6.45, 7) is 7.71. The molecule has 1 aliphatic heterocycles. The third-order valence-electron chi connectivity index (χ3n) is 3.90. The van der Waals surface area contributed by atoms with E-state index in [4.69, 9.17) is 4.74 Å². The van der Waals surface area contributed by atoms with Crippen LogP contribution in [0.15, 0.2) is 24.3 Å². The van der Waals surface area contributed by atoms with Crippen LogP contribution < -0.4 is 10.1 Å². The highest BCUT2D eigenvalue weighted by atomic mass is 16.5. The average Bonchev–Trinajstić information content (AvgIpc) is 2.39. The van der Waals surface area contributed by atoms with E-state index >= 15 is 0 Å². The summed E-state index contributed by atoms with van der Waals surface area (Å²) >= 11 is 0. The summed E-state index contributed by atoms with van der Waals surface area (Å²) in [6.07, 6.45) is 3.58. The van der Waals surface area contributed by atoms with Gasteiger partial charge >= 0.3 is 0 Å². The van der Waals surface area contributed by atoms with Crippen molar-refractivity contribution in [2.45, 2.75) is 52.1 Å². The molecule has 0 bridgehead atoms. The summed E-state index contributed by atoms with van der Waals surface area (Å²) in [5, 5.41) is 3.76. The lowest BCUT2D eigenvalue weighted by molar-refractivity contribution is 0.240. The monoisotopic (exact) mass is 247 g/mol. The van der Waals surface area contributed by atoms with Crippen LogP contribution in [-0.2, 0) is 0 Å². The van der Waals surface area contributed by atoms with Gasteiger partial charge in [-0.3, -0.25) is 0 Å². The normalized spacial score (nSPS) is 21.8. The Kier molecular flexibility index (Phi) is 4.65. The molecule has 2 nitrogen and oxygen atoms in total. The molecule has 0 aliphatic carbocycles. The Labute approximate surface area is 111 Å². The van der Waals surface area contributed by atoms with Crippen LogP contribution in [-0.4, -0.2) is 12.6 Å². The van der Waals surface area contributed by atoms with Gasteiger partial charge in [0.25, 0.3) is 0 Å². The van der Waals surface area contributed by atoms with Gasteiger partial charge in [0.2, 0.25) is 0 Å². The van der Waals surface area contributed by atoms with Gasteiger partial charge < -0.3 is 10.1 Å². The van der Waals surface area contributed by atoms with Gasteiger partial charge in [-0.15, -0.1) is 0 Å². The van der Waals surface area contributed by atoms with Crippen LogP contribution in [0.4, 0.5) is 0 Å². The lowest BCUT2D eigenvalue weighted by Gasteiger charge is -2.30. The number of hydrogen-bond acceptors (Lipinski definition) is 2. The molecule has 3 atom stereocenters. The summed E-state index contributed by atoms with van der Waals surface area (Å²) in [6, 6.07) is 9.42. The van der Waals surface area contributed by atoms with E-state index in [1.807, 2.05) is 6.07 Å². The Morgan fingerprint density at radius 1 is 1.33 bits per heavy atom. The molecule has 1 aromatic rings. The van der Waals surface area contributed by atoms with E-state index in [0.29, 0.717) is 12.1 Å². The maximum atomic E-state index is 5.70. The van der Waals surface area contributed by atoms with Crippen LogP contribution in [0.5, 0.6) is 5.75 Å². The summed E-state index contributed by atoms with van der Waals surface area (Å²) in [7, 11) is 0. The molecule has 0 radical (unpaired) electrons. The zero-order chi connectivity index (χ0) is 13.0. The largest absolute Gasteiger partial charge is 0.493 e. The maximum Gasteiger partial charge on any atom is 0.124 e. The van der Waals surface area contributed by atoms with Gasteiger partial charge in [-0.25, -0.2) is 0 Å². The molecule has 2 rings (SSSR count). The molecule has 1 N–H and O–H groups in total. The molecule has 0 saturated heterocycles. The van der Waals surface area contributed by atoms with Crippen molar-refractivity contribution in [2.75, 3.05) is 6.61 Å². The van der Waals surface area contributed by atoms with Crippen molar-refractivity contribution < 1.29 is 4.74 Å². The minimum atomic E-state index is 0.453. The number of hydrogen-bond donors (Lipinski definition) is 1. The summed E-state index contributed by atoms with van der Waals surface area (Å²) in [5.74, 6) is 1.85. The quantitative estimate of drug-likeness (QED) is 0.851. The molecule has 0 spiro atoms. The van der Waals surface area contributed by atoms with E-state index in [1.165, 1.54) is 18.4 Å². The highest BCUT2D eigenvalue weighted by Crippen LogP contribution is 2.32. The SMILES string of the molecule is CCC(C)CC(C)NC1CCOc2ccccc21. The van der Waals surface area contributed by atoms with Crippen molar-refractivity contribution in [3.05, 3.63) is 29.8 Å². The van der Waals surface area contributed by atoms with Gasteiger partial charge in [-0.1, -0.05) is 38.5 Å². The smallest absolute Gasteiger partial charge is 0.124 e. The van der Waals surface area contributed by atoms with Crippen molar-refractivity contribution in [2.24, 2.45) is 5.92 Å². The topological polar surface area (TPSA) is 21.3 Å². The minimum absolute atomic E-state index is 0.453. The van der Waals surface area contributed by atoms with E-state index < -0.39 is 0 Å². The first-order chi connectivity index (χ1) is 8.70. The molecule has 3 unspecified atom stereocenters. The third kappa shape index (κ3) is 3.26. The Hall–Kier alpha value is -1.02. The molecule has 0 saturated carbocycles. The molecule has 1 aliphatic rings. The van der Waals surface area contributed by atoms with Crippen LogP contribution >= 0.6 is 0 Å². The molecule has 1 heterocycles. The van der Waals surface area contributed by atoms with Crippen LogP contribution in [0.2, 0.25) is 0 Å². The lowest BCUT2D eigenvalue weighted by atomic mass is 9.96. The molecule has 0 amide bonds. The standard InChI is InChI=1S/C16H25NO/c1-4-12(2)11-13(3)17-15-9-10-18-16-8-6-5-7-14(15)16/h5-8,12-13,15,17H,4,9-11H2,1-3H3. The van der Waals surface area contributed by atoms with E-state index in [-0.39, 0.29) is 0 Å². The van der Waals surface area contributed by atoms with Gasteiger partial charge in [-0.05, 0) is 25.3 Å². The van der Waals surface area contributed by atoms with Crippen LogP contribution in [0, 0.1) is 5.92 Å². The number of fused-ring (bicyclic) bond motifs is 1. The molecule has 18 heavy (non-hydrogen) atoms. The fraction of sp³-hybridized carbons (Fsp3) is 0.625. The summed E-state index contributed by atoms with van der Waals surface area (Å²) in [5.41, 5.74) is 1.32. The third-order valence-corrected chi connectivity index (χ3v) is 3.90. The van der Waals surface area contributed by atoms with Crippen molar-refractivity contribution in [3.63, 3.8) is 0 Å². The highest BCUT2D eigenvalue weighted by Gasteiger charge is 2.22. The number of rotatable bonds is 5. The van der Waals surface area contributed by atoms with Crippen LogP contribution in [0.25, 0.3) is 0 Å². The highest BCUT2D eigenvalue weighted by molar-refractivity contribution is 5.37. The molecular weight excluding hydrogens is 222 g/mol. The van der Waals surface area contributed by atoms with Crippen molar-refractivity contribution >= 4 is 0 Å².